The van der Waals surface area contributed by atoms with Crippen molar-refractivity contribution in [1.82, 2.24) is 9.97 Å². The van der Waals surface area contributed by atoms with Gasteiger partial charge in [-0.15, -0.1) is 11.8 Å². The maximum absolute atomic E-state index is 13.2. The molecule has 0 radical (unpaired) electrons. The molecule has 1 unspecified atom stereocenters. The number of fused-ring (bicyclic) bond motifs is 1. The van der Waals surface area contributed by atoms with Crippen LogP contribution in [-0.4, -0.2) is 55.1 Å². The van der Waals surface area contributed by atoms with Crippen LogP contribution in [0.2, 0.25) is 10.0 Å². The lowest BCUT2D eigenvalue weighted by molar-refractivity contribution is -0.117. The molecule has 1 aromatic heterocycles. The van der Waals surface area contributed by atoms with Gasteiger partial charge in [-0.2, -0.15) is 0 Å². The molecule has 2 aromatic rings. The Labute approximate surface area is 212 Å². The molecule has 1 atom stereocenters. The first-order valence-corrected chi connectivity index (χ1v) is 14.3. The van der Waals surface area contributed by atoms with Crippen molar-refractivity contribution in [2.45, 2.75) is 43.0 Å². The molecule has 1 fully saturated rings. The minimum absolute atomic E-state index is 0.0240. The van der Waals surface area contributed by atoms with Crippen molar-refractivity contribution in [1.29, 1.82) is 0 Å². The van der Waals surface area contributed by atoms with Crippen molar-refractivity contribution in [3.05, 3.63) is 34.2 Å². The largest absolute Gasteiger partial charge is 0.381 e. The monoisotopic (exact) mass is 545 g/mol. The van der Waals surface area contributed by atoms with Gasteiger partial charge in [0.15, 0.2) is 0 Å². The number of halogens is 2. The lowest BCUT2D eigenvalue weighted by atomic mass is 10.1. The summed E-state index contributed by atoms with van der Waals surface area (Å²) in [5.41, 5.74) is 0.943. The van der Waals surface area contributed by atoms with E-state index in [9.17, 15) is 13.2 Å². The van der Waals surface area contributed by atoms with Gasteiger partial charge in [-0.1, -0.05) is 30.1 Å². The summed E-state index contributed by atoms with van der Waals surface area (Å²) in [7, 11) is -3.56. The Bertz CT molecular complexity index is 1180. The molecule has 2 aliphatic rings. The average Bonchev–Trinajstić information content (AvgIpc) is 3.24. The molecule has 13 heteroatoms. The first-order chi connectivity index (χ1) is 16.3. The summed E-state index contributed by atoms with van der Waals surface area (Å²) in [6.07, 6.45) is 3.69. The highest BCUT2D eigenvalue weighted by atomic mass is 35.5. The lowest BCUT2D eigenvalue weighted by Gasteiger charge is -2.24. The van der Waals surface area contributed by atoms with Crippen LogP contribution in [0.3, 0.4) is 0 Å². The van der Waals surface area contributed by atoms with Crippen LogP contribution in [0, 0.1) is 0 Å². The molecule has 184 valence electrons. The smallest absolute Gasteiger partial charge is 0.234 e. The molecular formula is C21H25Cl2N5O4S2. The zero-order valence-corrected chi connectivity index (χ0v) is 21.6. The Hall–Kier alpha value is -1.79. The molecule has 3 N–H and O–H groups in total. The number of sulfonamides is 1. The third kappa shape index (κ3) is 5.71. The molecule has 2 aliphatic heterocycles. The van der Waals surface area contributed by atoms with E-state index < -0.39 is 15.9 Å². The number of ether oxygens (including phenoxy) is 1. The number of benzene rings is 1. The van der Waals surface area contributed by atoms with Gasteiger partial charge in [-0.3, -0.25) is 9.52 Å². The van der Waals surface area contributed by atoms with Crippen molar-refractivity contribution in [2.24, 2.45) is 0 Å². The van der Waals surface area contributed by atoms with E-state index in [1.165, 1.54) is 30.2 Å². The fourth-order valence-electron chi connectivity index (χ4n) is 3.80. The summed E-state index contributed by atoms with van der Waals surface area (Å²) >= 11 is 14.2. The zero-order valence-electron chi connectivity index (χ0n) is 18.4. The predicted octanol–water partition coefficient (Wildman–Crippen LogP) is 4.35. The highest BCUT2D eigenvalue weighted by molar-refractivity contribution is 7.99. The van der Waals surface area contributed by atoms with Gasteiger partial charge in [-0.05, 0) is 31.4 Å². The number of rotatable bonds is 8. The summed E-state index contributed by atoms with van der Waals surface area (Å²) in [5, 5.41) is 6.45. The van der Waals surface area contributed by atoms with Gasteiger partial charge in [-0.25, -0.2) is 18.4 Å². The van der Waals surface area contributed by atoms with Crippen LogP contribution < -0.4 is 15.4 Å². The number of nitrogens with one attached hydrogen (secondary N) is 3. The van der Waals surface area contributed by atoms with Gasteiger partial charge in [0.1, 0.15) is 12.1 Å². The second kappa shape index (κ2) is 10.9. The van der Waals surface area contributed by atoms with E-state index in [-0.39, 0.29) is 39.1 Å². The van der Waals surface area contributed by atoms with Crippen molar-refractivity contribution >= 4 is 68.1 Å². The van der Waals surface area contributed by atoms with Crippen LogP contribution in [0.5, 0.6) is 0 Å². The standard InChI is InChI=1S/C21H25Cl2N5O4S2/c1-2-9-34(30,31)28-15-4-3-14(22)18(16(15)23)27-21(29)13-10-33-19-17(13)24-11-25-20(19)26-12-5-7-32-8-6-12/h3-4,11-13,28H,2,5-10H2,1H3,(H,27,29)(H,24,25,26). The molecule has 3 heterocycles. The van der Waals surface area contributed by atoms with E-state index in [1.807, 2.05) is 0 Å². The Kier molecular flexibility index (Phi) is 8.08. The molecule has 34 heavy (non-hydrogen) atoms. The quantitative estimate of drug-likeness (QED) is 0.447. The fourth-order valence-corrected chi connectivity index (χ4v) is 6.75. The van der Waals surface area contributed by atoms with Crippen molar-refractivity contribution < 1.29 is 17.9 Å². The molecular weight excluding hydrogens is 521 g/mol. The van der Waals surface area contributed by atoms with Crippen LogP contribution >= 0.6 is 35.0 Å². The highest BCUT2D eigenvalue weighted by Gasteiger charge is 2.34. The number of carbonyl (C=O) groups excluding carboxylic acids is 1. The lowest BCUT2D eigenvalue weighted by Crippen LogP contribution is -2.28. The highest BCUT2D eigenvalue weighted by Crippen LogP contribution is 2.44. The molecule has 0 spiro atoms. The molecule has 0 bridgehead atoms. The van der Waals surface area contributed by atoms with Crippen molar-refractivity contribution in [2.75, 3.05) is 40.1 Å². The van der Waals surface area contributed by atoms with Crippen molar-refractivity contribution in [3.8, 4) is 0 Å². The average molecular weight is 547 g/mol. The van der Waals surface area contributed by atoms with Gasteiger partial charge in [0.2, 0.25) is 15.9 Å². The molecule has 1 aromatic carbocycles. The Morgan fingerprint density at radius 2 is 2.00 bits per heavy atom. The molecule has 0 aliphatic carbocycles. The van der Waals surface area contributed by atoms with Crippen LogP contribution in [0.4, 0.5) is 17.2 Å². The van der Waals surface area contributed by atoms with Crippen molar-refractivity contribution in [3.63, 3.8) is 0 Å². The number of anilines is 3. The van der Waals surface area contributed by atoms with E-state index in [0.29, 0.717) is 31.1 Å². The molecule has 9 nitrogen and oxygen atoms in total. The maximum Gasteiger partial charge on any atom is 0.234 e. The van der Waals surface area contributed by atoms with Gasteiger partial charge in [0.05, 0.1) is 43.7 Å². The third-order valence-corrected chi connectivity index (χ3v) is 8.89. The van der Waals surface area contributed by atoms with Gasteiger partial charge >= 0.3 is 0 Å². The number of hydrogen-bond acceptors (Lipinski definition) is 8. The second-order valence-electron chi connectivity index (χ2n) is 8.03. The van der Waals surface area contributed by atoms with Gasteiger partial charge < -0.3 is 15.4 Å². The summed E-state index contributed by atoms with van der Waals surface area (Å²) in [6.45, 7) is 3.18. The maximum atomic E-state index is 13.2. The van der Waals surface area contributed by atoms with E-state index in [2.05, 4.69) is 25.3 Å². The number of nitrogens with zero attached hydrogens (tertiary/aromatic N) is 2. The van der Waals surface area contributed by atoms with E-state index in [1.54, 1.807) is 6.92 Å². The second-order valence-corrected chi connectivity index (χ2v) is 11.7. The number of hydrogen-bond donors (Lipinski definition) is 3. The number of carbonyl (C=O) groups is 1. The first-order valence-electron chi connectivity index (χ1n) is 10.9. The Balaban J connectivity index is 1.53. The summed E-state index contributed by atoms with van der Waals surface area (Å²) < 4.78 is 32.2. The summed E-state index contributed by atoms with van der Waals surface area (Å²) in [5.74, 6) is 0.291. The molecule has 1 amide bonds. The SMILES string of the molecule is CCCS(=O)(=O)Nc1ccc(Cl)c(NC(=O)C2CSc3c(NC4CCOCC4)ncnc32)c1Cl. The first kappa shape index (κ1) is 25.3. The van der Waals surface area contributed by atoms with E-state index >= 15 is 0 Å². The summed E-state index contributed by atoms with van der Waals surface area (Å²) in [4.78, 5) is 22.8. The predicted molar refractivity (Wildman–Crippen MR) is 136 cm³/mol. The van der Waals surface area contributed by atoms with Gasteiger partial charge in [0.25, 0.3) is 0 Å². The van der Waals surface area contributed by atoms with Crippen LogP contribution in [0.1, 0.15) is 37.8 Å². The topological polar surface area (TPSA) is 122 Å². The molecule has 1 saturated heterocycles. The fraction of sp³-hybridized carbons (Fsp3) is 0.476. The summed E-state index contributed by atoms with van der Waals surface area (Å²) in [6, 6.07) is 3.22. The Morgan fingerprint density at radius 1 is 1.24 bits per heavy atom. The molecule has 4 rings (SSSR count). The minimum Gasteiger partial charge on any atom is -0.381 e. The van der Waals surface area contributed by atoms with E-state index in [0.717, 1.165) is 23.6 Å². The number of thioether (sulfide) groups is 1. The Morgan fingerprint density at radius 3 is 2.74 bits per heavy atom. The van der Waals surface area contributed by atoms with Crippen LogP contribution in [0.15, 0.2) is 23.4 Å². The van der Waals surface area contributed by atoms with Crippen LogP contribution in [-0.2, 0) is 19.6 Å². The minimum atomic E-state index is -3.56. The third-order valence-electron chi connectivity index (χ3n) is 5.51. The van der Waals surface area contributed by atoms with Crippen LogP contribution in [0.25, 0.3) is 0 Å². The molecule has 0 saturated carbocycles. The zero-order chi connectivity index (χ0) is 24.3. The van der Waals surface area contributed by atoms with Gasteiger partial charge in [0, 0.05) is 25.0 Å². The van der Waals surface area contributed by atoms with E-state index in [4.69, 9.17) is 27.9 Å². The number of amides is 1. The normalized spacial score (nSPS) is 18.4. The number of aromatic nitrogens is 2.